The highest BCUT2D eigenvalue weighted by Gasteiger charge is 2.24. The van der Waals surface area contributed by atoms with E-state index in [9.17, 15) is 0 Å². The van der Waals surface area contributed by atoms with Crippen LogP contribution < -0.4 is 5.32 Å². The molecule has 0 saturated carbocycles. The Morgan fingerprint density at radius 3 is 2.81 bits per heavy atom. The summed E-state index contributed by atoms with van der Waals surface area (Å²) in [7, 11) is 0. The number of nitrogens with one attached hydrogen (secondary N) is 1. The van der Waals surface area contributed by atoms with E-state index in [0.717, 1.165) is 18.8 Å². The highest BCUT2D eigenvalue weighted by Crippen LogP contribution is 2.29. The molecule has 3 heteroatoms. The van der Waals surface area contributed by atoms with Gasteiger partial charge in [0.25, 0.3) is 0 Å². The molecule has 1 aromatic heterocycles. The fourth-order valence-electron chi connectivity index (χ4n) is 2.96. The minimum atomic E-state index is 0.494. The van der Waals surface area contributed by atoms with Crippen LogP contribution >= 0.6 is 0 Å². The zero-order chi connectivity index (χ0) is 11.0. The molecule has 1 aromatic rings. The van der Waals surface area contributed by atoms with E-state index in [1.165, 1.54) is 49.1 Å². The molecule has 1 N–H and O–H groups in total. The normalized spacial score (nSPS) is 24.4. The SMILES string of the molecule is Cc1nc2c(c(C3CCCN3)n1)CCCC2. The van der Waals surface area contributed by atoms with Crippen LogP contribution in [0.1, 0.15) is 54.5 Å². The molecule has 0 spiro atoms. The maximum absolute atomic E-state index is 4.69. The van der Waals surface area contributed by atoms with Crippen LogP contribution in [-0.2, 0) is 12.8 Å². The average molecular weight is 217 g/mol. The lowest BCUT2D eigenvalue weighted by Crippen LogP contribution is -2.20. The second-order valence-corrected chi connectivity index (χ2v) is 4.94. The van der Waals surface area contributed by atoms with Gasteiger partial charge in [0.2, 0.25) is 0 Å². The zero-order valence-electron chi connectivity index (χ0n) is 9.92. The summed E-state index contributed by atoms with van der Waals surface area (Å²) in [5.41, 5.74) is 4.08. The molecule has 86 valence electrons. The van der Waals surface area contributed by atoms with Gasteiger partial charge in [0.1, 0.15) is 5.82 Å². The molecular formula is C13H19N3. The highest BCUT2D eigenvalue weighted by molar-refractivity contribution is 5.31. The predicted octanol–water partition coefficient (Wildman–Crippen LogP) is 2.09. The largest absolute Gasteiger partial charge is 0.309 e. The number of rotatable bonds is 1. The maximum Gasteiger partial charge on any atom is 0.125 e. The molecule has 2 heterocycles. The van der Waals surface area contributed by atoms with Crippen LogP contribution in [-0.4, -0.2) is 16.5 Å². The Bertz CT molecular complexity index is 394. The van der Waals surface area contributed by atoms with Gasteiger partial charge in [0.15, 0.2) is 0 Å². The Morgan fingerprint density at radius 2 is 2.00 bits per heavy atom. The molecular weight excluding hydrogens is 198 g/mol. The molecule has 1 atom stereocenters. The number of hydrogen-bond acceptors (Lipinski definition) is 3. The second-order valence-electron chi connectivity index (χ2n) is 4.94. The molecule has 0 bridgehead atoms. The van der Waals surface area contributed by atoms with E-state index in [0.29, 0.717) is 6.04 Å². The molecule has 0 radical (unpaired) electrons. The Labute approximate surface area is 96.7 Å². The van der Waals surface area contributed by atoms with Gasteiger partial charge in [0, 0.05) is 11.7 Å². The van der Waals surface area contributed by atoms with Crippen LogP contribution in [0.25, 0.3) is 0 Å². The summed E-state index contributed by atoms with van der Waals surface area (Å²) < 4.78 is 0. The van der Waals surface area contributed by atoms with E-state index in [1.54, 1.807) is 0 Å². The van der Waals surface area contributed by atoms with Gasteiger partial charge in [-0.1, -0.05) is 0 Å². The van der Waals surface area contributed by atoms with Crippen molar-refractivity contribution in [1.82, 2.24) is 15.3 Å². The minimum absolute atomic E-state index is 0.494. The van der Waals surface area contributed by atoms with E-state index in [-0.39, 0.29) is 0 Å². The topological polar surface area (TPSA) is 37.8 Å². The van der Waals surface area contributed by atoms with E-state index in [1.807, 2.05) is 6.92 Å². The molecule has 1 unspecified atom stereocenters. The monoisotopic (exact) mass is 217 g/mol. The highest BCUT2D eigenvalue weighted by atomic mass is 15.0. The van der Waals surface area contributed by atoms with Gasteiger partial charge in [-0.3, -0.25) is 0 Å². The average Bonchev–Trinajstić information content (AvgIpc) is 2.81. The van der Waals surface area contributed by atoms with Gasteiger partial charge in [0.05, 0.1) is 5.69 Å². The fourth-order valence-corrected chi connectivity index (χ4v) is 2.96. The predicted molar refractivity (Wildman–Crippen MR) is 63.4 cm³/mol. The van der Waals surface area contributed by atoms with Crippen LogP contribution in [0.3, 0.4) is 0 Å². The molecule has 3 rings (SSSR count). The van der Waals surface area contributed by atoms with Gasteiger partial charge in [-0.2, -0.15) is 0 Å². The molecule has 2 aliphatic rings. The maximum atomic E-state index is 4.69. The summed E-state index contributed by atoms with van der Waals surface area (Å²) in [6, 6.07) is 0.494. The van der Waals surface area contributed by atoms with Crippen molar-refractivity contribution < 1.29 is 0 Å². The Kier molecular flexibility index (Phi) is 2.64. The van der Waals surface area contributed by atoms with Crippen LogP contribution in [0, 0.1) is 6.92 Å². The third-order valence-corrected chi connectivity index (χ3v) is 3.72. The lowest BCUT2D eigenvalue weighted by Gasteiger charge is -2.21. The summed E-state index contributed by atoms with van der Waals surface area (Å²) in [6.07, 6.45) is 7.45. The lowest BCUT2D eigenvalue weighted by atomic mass is 9.92. The van der Waals surface area contributed by atoms with Crippen LogP contribution in [0.2, 0.25) is 0 Å². The number of fused-ring (bicyclic) bond motifs is 1. The van der Waals surface area contributed by atoms with Crippen LogP contribution in [0.5, 0.6) is 0 Å². The summed E-state index contributed by atoms with van der Waals surface area (Å²) in [6.45, 7) is 3.16. The van der Waals surface area contributed by atoms with Crippen molar-refractivity contribution in [2.45, 2.75) is 51.5 Å². The first-order valence-corrected chi connectivity index (χ1v) is 6.44. The van der Waals surface area contributed by atoms with Crippen LogP contribution in [0.4, 0.5) is 0 Å². The molecule has 0 aromatic carbocycles. The molecule has 16 heavy (non-hydrogen) atoms. The van der Waals surface area contributed by atoms with E-state index >= 15 is 0 Å². The number of aryl methyl sites for hydroxylation is 2. The van der Waals surface area contributed by atoms with Crippen molar-refractivity contribution in [3.05, 3.63) is 22.8 Å². The summed E-state index contributed by atoms with van der Waals surface area (Å²) in [5, 5.41) is 3.56. The van der Waals surface area contributed by atoms with E-state index < -0.39 is 0 Å². The molecule has 1 saturated heterocycles. The second kappa shape index (κ2) is 4.13. The number of aromatic nitrogens is 2. The van der Waals surface area contributed by atoms with Gasteiger partial charge < -0.3 is 5.32 Å². The van der Waals surface area contributed by atoms with Crippen molar-refractivity contribution in [1.29, 1.82) is 0 Å². The zero-order valence-corrected chi connectivity index (χ0v) is 9.92. The molecule has 3 nitrogen and oxygen atoms in total. The molecule has 1 aliphatic carbocycles. The molecule has 1 aliphatic heterocycles. The molecule has 0 amide bonds. The molecule has 1 fully saturated rings. The third-order valence-electron chi connectivity index (χ3n) is 3.72. The first-order valence-electron chi connectivity index (χ1n) is 6.44. The Morgan fingerprint density at radius 1 is 1.12 bits per heavy atom. The lowest BCUT2D eigenvalue weighted by molar-refractivity contribution is 0.582. The number of nitrogens with zero attached hydrogens (tertiary/aromatic N) is 2. The van der Waals surface area contributed by atoms with Gasteiger partial charge in [-0.25, -0.2) is 9.97 Å². The van der Waals surface area contributed by atoms with Crippen molar-refractivity contribution in [3.8, 4) is 0 Å². The Hall–Kier alpha value is -0.960. The summed E-state index contributed by atoms with van der Waals surface area (Å²) in [5.74, 6) is 0.948. The third kappa shape index (κ3) is 1.73. The Balaban J connectivity index is 2.04. The van der Waals surface area contributed by atoms with Crippen molar-refractivity contribution in [3.63, 3.8) is 0 Å². The van der Waals surface area contributed by atoms with Gasteiger partial charge in [-0.15, -0.1) is 0 Å². The number of hydrogen-bond donors (Lipinski definition) is 1. The first kappa shape index (κ1) is 10.2. The van der Waals surface area contributed by atoms with E-state index in [2.05, 4.69) is 10.3 Å². The smallest absolute Gasteiger partial charge is 0.125 e. The summed E-state index contributed by atoms with van der Waals surface area (Å²) >= 11 is 0. The quantitative estimate of drug-likeness (QED) is 0.782. The van der Waals surface area contributed by atoms with Crippen molar-refractivity contribution >= 4 is 0 Å². The fraction of sp³-hybridized carbons (Fsp3) is 0.692. The van der Waals surface area contributed by atoms with Crippen molar-refractivity contribution in [2.24, 2.45) is 0 Å². The standard InChI is InChI=1S/C13H19N3/c1-9-15-11-6-3-2-5-10(11)13(16-9)12-7-4-8-14-12/h12,14H,2-8H2,1H3. The minimum Gasteiger partial charge on any atom is -0.309 e. The summed E-state index contributed by atoms with van der Waals surface area (Å²) in [4.78, 5) is 9.30. The first-order chi connectivity index (χ1) is 7.84. The van der Waals surface area contributed by atoms with E-state index in [4.69, 9.17) is 4.98 Å². The van der Waals surface area contributed by atoms with Crippen molar-refractivity contribution in [2.75, 3.05) is 6.54 Å². The van der Waals surface area contributed by atoms with Gasteiger partial charge in [-0.05, 0) is 57.6 Å². The van der Waals surface area contributed by atoms with Crippen LogP contribution in [0.15, 0.2) is 0 Å². The van der Waals surface area contributed by atoms with Gasteiger partial charge >= 0.3 is 0 Å².